The SMILES string of the molecule is C=Cc1cccc(-c2c(C=C)c(C=C)c(-c3cccc(C=C)c3C=C)c3ccccc23)c1C=C. The van der Waals surface area contributed by atoms with Gasteiger partial charge in [-0.25, -0.2) is 0 Å². The lowest BCUT2D eigenvalue weighted by molar-refractivity contribution is 1.54. The van der Waals surface area contributed by atoms with Crippen molar-refractivity contribution in [2.45, 2.75) is 0 Å². The quantitative estimate of drug-likeness (QED) is 0.258. The molecule has 0 atom stereocenters. The molecule has 4 aromatic rings. The molecule has 0 aliphatic heterocycles. The monoisotopic (exact) mass is 436 g/mol. The lowest BCUT2D eigenvalue weighted by Gasteiger charge is -2.23. The van der Waals surface area contributed by atoms with Gasteiger partial charge < -0.3 is 0 Å². The van der Waals surface area contributed by atoms with Crippen LogP contribution in [0.1, 0.15) is 33.4 Å². The van der Waals surface area contributed by atoms with Crippen LogP contribution in [0.2, 0.25) is 0 Å². The molecule has 0 heteroatoms. The van der Waals surface area contributed by atoms with Gasteiger partial charge in [0.1, 0.15) is 0 Å². The molecule has 0 nitrogen and oxygen atoms in total. The van der Waals surface area contributed by atoms with Crippen molar-refractivity contribution < 1.29 is 0 Å². The molecule has 0 saturated carbocycles. The second kappa shape index (κ2) is 9.60. The molecular formula is C34H28. The van der Waals surface area contributed by atoms with Gasteiger partial charge in [-0.1, -0.05) is 137 Å². The zero-order valence-electron chi connectivity index (χ0n) is 19.5. The summed E-state index contributed by atoms with van der Waals surface area (Å²) in [5.74, 6) is 0. The predicted molar refractivity (Wildman–Crippen MR) is 155 cm³/mol. The van der Waals surface area contributed by atoms with E-state index in [-0.39, 0.29) is 0 Å². The molecule has 0 N–H and O–H groups in total. The Morgan fingerprint density at radius 3 is 1.09 bits per heavy atom. The number of hydrogen-bond donors (Lipinski definition) is 0. The molecule has 0 fully saturated rings. The summed E-state index contributed by atoms with van der Waals surface area (Å²) < 4.78 is 0. The molecule has 0 spiro atoms. The third-order valence-corrected chi connectivity index (χ3v) is 6.37. The number of hydrogen-bond acceptors (Lipinski definition) is 0. The largest absolute Gasteiger partial charge is 0.0984 e. The fourth-order valence-corrected chi connectivity index (χ4v) is 4.90. The van der Waals surface area contributed by atoms with Gasteiger partial charge in [-0.05, 0) is 66.4 Å². The summed E-state index contributed by atoms with van der Waals surface area (Å²) in [5, 5.41) is 2.28. The lowest BCUT2D eigenvalue weighted by Crippen LogP contribution is -1.99. The highest BCUT2D eigenvalue weighted by Crippen LogP contribution is 2.45. The van der Waals surface area contributed by atoms with E-state index < -0.39 is 0 Å². The molecule has 0 saturated heterocycles. The zero-order valence-corrected chi connectivity index (χ0v) is 19.5. The summed E-state index contributed by atoms with van der Waals surface area (Å²) >= 11 is 0. The van der Waals surface area contributed by atoms with Gasteiger partial charge in [-0.2, -0.15) is 0 Å². The molecule has 4 aromatic carbocycles. The molecule has 0 bridgehead atoms. The Hall–Kier alpha value is -4.42. The summed E-state index contributed by atoms with van der Waals surface area (Å²) in [4.78, 5) is 0. The van der Waals surface area contributed by atoms with E-state index in [0.717, 1.165) is 66.4 Å². The number of fused-ring (bicyclic) bond motifs is 1. The maximum atomic E-state index is 4.21. The smallest absolute Gasteiger partial charge is 0.00204 e. The van der Waals surface area contributed by atoms with Gasteiger partial charge in [-0.3, -0.25) is 0 Å². The second-order valence-corrected chi connectivity index (χ2v) is 7.96. The van der Waals surface area contributed by atoms with Crippen LogP contribution in [0.3, 0.4) is 0 Å². The van der Waals surface area contributed by atoms with Crippen LogP contribution in [0.5, 0.6) is 0 Å². The topological polar surface area (TPSA) is 0 Å². The molecule has 0 unspecified atom stereocenters. The van der Waals surface area contributed by atoms with Gasteiger partial charge in [0.15, 0.2) is 0 Å². The van der Waals surface area contributed by atoms with Crippen LogP contribution in [0.25, 0.3) is 69.5 Å². The summed E-state index contributed by atoms with van der Waals surface area (Å²) in [7, 11) is 0. The molecule has 4 rings (SSSR count). The summed E-state index contributed by atoms with van der Waals surface area (Å²) in [5.41, 5.74) is 10.7. The average molecular weight is 437 g/mol. The summed E-state index contributed by atoms with van der Waals surface area (Å²) in [6.45, 7) is 24.6. The Labute approximate surface area is 202 Å². The van der Waals surface area contributed by atoms with Crippen molar-refractivity contribution in [1.29, 1.82) is 0 Å². The predicted octanol–water partition coefficient (Wildman–Crippen LogP) is 10.0. The average Bonchev–Trinajstić information content (AvgIpc) is 2.90. The van der Waals surface area contributed by atoms with Gasteiger partial charge in [0, 0.05) is 0 Å². The summed E-state index contributed by atoms with van der Waals surface area (Å²) in [6, 6.07) is 21.0. The third kappa shape index (κ3) is 3.50. The minimum atomic E-state index is 1.03. The van der Waals surface area contributed by atoms with Gasteiger partial charge in [0.2, 0.25) is 0 Å². The minimum Gasteiger partial charge on any atom is -0.0984 e. The van der Waals surface area contributed by atoms with Crippen LogP contribution in [0.15, 0.2) is 100 Å². The molecule has 0 aliphatic carbocycles. The third-order valence-electron chi connectivity index (χ3n) is 6.37. The maximum absolute atomic E-state index is 4.21. The highest BCUT2D eigenvalue weighted by atomic mass is 14.2. The summed E-state index contributed by atoms with van der Waals surface area (Å²) in [6.07, 6.45) is 11.4. The Bertz CT molecular complexity index is 1380. The second-order valence-electron chi connectivity index (χ2n) is 7.96. The van der Waals surface area contributed by atoms with Crippen molar-refractivity contribution in [3.05, 3.63) is 134 Å². The number of rotatable bonds is 8. The molecule has 0 aromatic heterocycles. The minimum absolute atomic E-state index is 1.03. The fraction of sp³-hybridized carbons (Fsp3) is 0. The van der Waals surface area contributed by atoms with Crippen LogP contribution in [0, 0.1) is 0 Å². The van der Waals surface area contributed by atoms with Crippen LogP contribution < -0.4 is 0 Å². The lowest BCUT2D eigenvalue weighted by atomic mass is 9.80. The van der Waals surface area contributed by atoms with Crippen molar-refractivity contribution >= 4 is 47.2 Å². The first-order valence-electron chi connectivity index (χ1n) is 11.2. The Morgan fingerprint density at radius 1 is 0.382 bits per heavy atom. The van der Waals surface area contributed by atoms with Crippen molar-refractivity contribution in [3.63, 3.8) is 0 Å². The standard InChI is InChI=1S/C34H28/c1-7-23-17-15-21-29(25(23)9-3)33-27(11-5)28(12-6)34(32-20-14-13-19-31(32)33)30-22-16-18-24(8-2)26(30)10-4/h7-22H,1-6H2. The first-order chi connectivity index (χ1) is 16.6. The zero-order chi connectivity index (χ0) is 24.2. The van der Waals surface area contributed by atoms with Gasteiger partial charge in [0.05, 0.1) is 0 Å². The van der Waals surface area contributed by atoms with Crippen LogP contribution in [-0.2, 0) is 0 Å². The van der Waals surface area contributed by atoms with Crippen molar-refractivity contribution in [3.8, 4) is 22.3 Å². The Morgan fingerprint density at radius 2 is 0.765 bits per heavy atom. The molecule has 164 valence electrons. The highest BCUT2D eigenvalue weighted by Gasteiger charge is 2.21. The van der Waals surface area contributed by atoms with E-state index in [0.29, 0.717) is 0 Å². The van der Waals surface area contributed by atoms with E-state index in [1.54, 1.807) is 0 Å². The molecular weight excluding hydrogens is 408 g/mol. The van der Waals surface area contributed by atoms with Crippen molar-refractivity contribution in [2.24, 2.45) is 0 Å². The first-order valence-corrected chi connectivity index (χ1v) is 11.2. The molecule has 0 amide bonds. The van der Waals surface area contributed by atoms with E-state index in [4.69, 9.17) is 0 Å². The van der Waals surface area contributed by atoms with E-state index in [2.05, 4.69) is 100 Å². The van der Waals surface area contributed by atoms with Crippen molar-refractivity contribution in [1.82, 2.24) is 0 Å². The number of benzene rings is 4. The van der Waals surface area contributed by atoms with Gasteiger partial charge in [0.25, 0.3) is 0 Å². The Balaban J connectivity index is 2.28. The normalized spacial score (nSPS) is 10.5. The van der Waals surface area contributed by atoms with Gasteiger partial charge in [-0.15, -0.1) is 0 Å². The van der Waals surface area contributed by atoms with E-state index in [9.17, 15) is 0 Å². The van der Waals surface area contributed by atoms with Crippen LogP contribution in [-0.4, -0.2) is 0 Å². The van der Waals surface area contributed by atoms with Crippen LogP contribution in [0.4, 0.5) is 0 Å². The maximum Gasteiger partial charge on any atom is -0.00204 e. The molecule has 0 radical (unpaired) electrons. The molecule has 0 heterocycles. The molecule has 34 heavy (non-hydrogen) atoms. The highest BCUT2D eigenvalue weighted by molar-refractivity contribution is 6.13. The fourth-order valence-electron chi connectivity index (χ4n) is 4.90. The first kappa shape index (κ1) is 22.8. The Kier molecular flexibility index (Phi) is 6.43. The van der Waals surface area contributed by atoms with Crippen LogP contribution >= 0.6 is 0 Å². The van der Waals surface area contributed by atoms with E-state index in [1.165, 1.54) is 0 Å². The van der Waals surface area contributed by atoms with Gasteiger partial charge >= 0.3 is 0 Å². The van der Waals surface area contributed by atoms with E-state index in [1.807, 2.05) is 36.5 Å². The molecule has 0 aliphatic rings. The van der Waals surface area contributed by atoms with Crippen molar-refractivity contribution in [2.75, 3.05) is 0 Å². The van der Waals surface area contributed by atoms with E-state index >= 15 is 0 Å².